The van der Waals surface area contributed by atoms with Gasteiger partial charge in [0.15, 0.2) is 6.10 Å². The summed E-state index contributed by atoms with van der Waals surface area (Å²) in [4.78, 5) is 24.7. The van der Waals surface area contributed by atoms with E-state index in [9.17, 15) is 9.59 Å². The smallest absolute Gasteiger partial charge is 0.334 e. The van der Waals surface area contributed by atoms with Crippen molar-refractivity contribution in [3.05, 3.63) is 0 Å². The summed E-state index contributed by atoms with van der Waals surface area (Å²) in [5.74, 6) is -0.155. The van der Waals surface area contributed by atoms with E-state index in [1.54, 1.807) is 4.90 Å². The molecule has 4 atom stereocenters. The highest BCUT2D eigenvalue weighted by Gasteiger charge is 2.32. The predicted octanol–water partition coefficient (Wildman–Crippen LogP) is 1.16. The number of likely N-dealkylation sites (tertiary alicyclic amines) is 1. The Bertz CT molecular complexity index is 335. The fourth-order valence-electron chi connectivity index (χ4n) is 2.54. The van der Waals surface area contributed by atoms with Crippen molar-refractivity contribution in [2.45, 2.75) is 39.3 Å². The van der Waals surface area contributed by atoms with Gasteiger partial charge in [0.05, 0.1) is 6.54 Å². The third-order valence-corrected chi connectivity index (χ3v) is 3.86. The summed E-state index contributed by atoms with van der Waals surface area (Å²) in [5.41, 5.74) is 0. The van der Waals surface area contributed by atoms with E-state index in [0.717, 1.165) is 6.42 Å². The van der Waals surface area contributed by atoms with E-state index in [1.165, 1.54) is 7.11 Å². The van der Waals surface area contributed by atoms with Crippen LogP contribution in [-0.2, 0) is 9.53 Å². The van der Waals surface area contributed by atoms with Crippen molar-refractivity contribution in [2.75, 3.05) is 20.2 Å². The van der Waals surface area contributed by atoms with Crippen LogP contribution in [0.15, 0.2) is 0 Å². The highest BCUT2D eigenvalue weighted by Crippen LogP contribution is 2.26. The van der Waals surface area contributed by atoms with Crippen molar-refractivity contribution in [2.24, 2.45) is 11.8 Å². The lowest BCUT2D eigenvalue weighted by molar-refractivity contribution is -0.148. The van der Waals surface area contributed by atoms with Gasteiger partial charge in [0, 0.05) is 19.7 Å². The summed E-state index contributed by atoms with van der Waals surface area (Å²) < 4.78 is 4.79. The Labute approximate surface area is 114 Å². The summed E-state index contributed by atoms with van der Waals surface area (Å²) in [6.07, 6.45) is 0.111. The van der Waals surface area contributed by atoms with Gasteiger partial charge in [-0.1, -0.05) is 13.8 Å². The first-order chi connectivity index (χ1) is 8.86. The highest BCUT2D eigenvalue weighted by atomic mass is 16.5. The van der Waals surface area contributed by atoms with Gasteiger partial charge < -0.3 is 20.1 Å². The van der Waals surface area contributed by atoms with E-state index in [-0.39, 0.29) is 18.6 Å². The molecule has 0 radical (unpaired) electrons. The van der Waals surface area contributed by atoms with Crippen LogP contribution in [0.5, 0.6) is 0 Å². The minimum Gasteiger partial charge on any atom is -0.479 e. The maximum atomic E-state index is 12.1. The minimum absolute atomic E-state index is 0.0172. The lowest BCUT2D eigenvalue weighted by atomic mass is 9.86. The van der Waals surface area contributed by atoms with Crippen molar-refractivity contribution < 1.29 is 19.4 Å². The third-order valence-electron chi connectivity index (χ3n) is 3.86. The molecule has 6 heteroatoms. The zero-order valence-corrected chi connectivity index (χ0v) is 12.0. The number of carboxylic acids is 1. The Morgan fingerprint density at radius 1 is 1.42 bits per heavy atom. The number of methoxy groups -OCH3 is 1. The lowest BCUT2D eigenvalue weighted by Gasteiger charge is -2.41. The number of nitrogens with one attached hydrogen (secondary N) is 1. The molecule has 1 rings (SSSR count). The van der Waals surface area contributed by atoms with Gasteiger partial charge in [0.2, 0.25) is 0 Å². The molecule has 1 aliphatic rings. The Kier molecular flexibility index (Phi) is 5.60. The van der Waals surface area contributed by atoms with Crippen molar-refractivity contribution in [3.8, 4) is 0 Å². The number of amides is 2. The molecule has 0 bridgehead atoms. The van der Waals surface area contributed by atoms with Gasteiger partial charge in [-0.3, -0.25) is 0 Å². The van der Waals surface area contributed by atoms with E-state index >= 15 is 0 Å². The molecule has 6 nitrogen and oxygen atoms in total. The molecule has 4 unspecified atom stereocenters. The predicted molar refractivity (Wildman–Crippen MR) is 70.9 cm³/mol. The lowest BCUT2D eigenvalue weighted by Crippen LogP contribution is -2.54. The maximum Gasteiger partial charge on any atom is 0.334 e. The van der Waals surface area contributed by atoms with E-state index < -0.39 is 12.1 Å². The van der Waals surface area contributed by atoms with Crippen molar-refractivity contribution >= 4 is 12.0 Å². The zero-order valence-electron chi connectivity index (χ0n) is 12.0. The number of hydrogen-bond acceptors (Lipinski definition) is 3. The number of aliphatic carboxylic acids is 1. The van der Waals surface area contributed by atoms with Crippen LogP contribution < -0.4 is 5.32 Å². The highest BCUT2D eigenvalue weighted by molar-refractivity contribution is 5.77. The molecule has 1 fully saturated rings. The number of ether oxygens (including phenoxy) is 1. The summed E-state index contributed by atoms with van der Waals surface area (Å²) in [7, 11) is 1.32. The van der Waals surface area contributed by atoms with Gasteiger partial charge in [-0.2, -0.15) is 0 Å². The zero-order chi connectivity index (χ0) is 14.6. The molecule has 110 valence electrons. The average Bonchev–Trinajstić information content (AvgIpc) is 2.33. The monoisotopic (exact) mass is 272 g/mol. The summed E-state index contributed by atoms with van der Waals surface area (Å²) in [6, 6.07) is -0.0452. The van der Waals surface area contributed by atoms with Crippen molar-refractivity contribution in [1.29, 1.82) is 0 Å². The molecule has 0 aromatic heterocycles. The molecule has 2 N–H and O–H groups in total. The molecular formula is C13H24N2O4. The van der Waals surface area contributed by atoms with Crippen molar-refractivity contribution in [1.82, 2.24) is 10.2 Å². The summed E-state index contributed by atoms with van der Waals surface area (Å²) in [6.45, 7) is 6.98. The molecule has 1 saturated heterocycles. The number of carbonyl (C=O) groups is 2. The van der Waals surface area contributed by atoms with Crippen LogP contribution in [0.2, 0.25) is 0 Å². The molecule has 0 saturated carbocycles. The van der Waals surface area contributed by atoms with E-state index in [2.05, 4.69) is 19.2 Å². The fourth-order valence-corrected chi connectivity index (χ4v) is 2.54. The van der Waals surface area contributed by atoms with E-state index in [1.807, 2.05) is 6.92 Å². The van der Waals surface area contributed by atoms with Crippen molar-refractivity contribution in [3.63, 3.8) is 0 Å². The van der Waals surface area contributed by atoms with Gasteiger partial charge >= 0.3 is 12.0 Å². The largest absolute Gasteiger partial charge is 0.479 e. The van der Waals surface area contributed by atoms with E-state index in [4.69, 9.17) is 9.84 Å². The molecule has 0 aromatic rings. The van der Waals surface area contributed by atoms with Crippen LogP contribution in [0, 0.1) is 11.8 Å². The number of rotatable bonds is 4. The number of hydrogen-bond donors (Lipinski definition) is 2. The van der Waals surface area contributed by atoms with Crippen LogP contribution >= 0.6 is 0 Å². The molecule has 0 spiro atoms. The molecule has 2 amide bonds. The number of piperidine rings is 1. The number of urea groups is 1. The normalized spacial score (nSPS) is 28.8. The number of carbonyl (C=O) groups excluding carboxylic acids is 1. The first-order valence-corrected chi connectivity index (χ1v) is 6.66. The average molecular weight is 272 g/mol. The van der Waals surface area contributed by atoms with Gasteiger partial charge in [0.25, 0.3) is 0 Å². The van der Waals surface area contributed by atoms with Gasteiger partial charge in [-0.25, -0.2) is 9.59 Å². The minimum atomic E-state index is -1.07. The fraction of sp³-hybridized carbons (Fsp3) is 0.846. The maximum absolute atomic E-state index is 12.1. The first kappa shape index (κ1) is 15.8. The summed E-state index contributed by atoms with van der Waals surface area (Å²) >= 11 is 0. The second-order valence-corrected chi connectivity index (χ2v) is 5.46. The molecule has 19 heavy (non-hydrogen) atoms. The van der Waals surface area contributed by atoms with Crippen LogP contribution in [0.3, 0.4) is 0 Å². The number of nitrogens with zero attached hydrogens (tertiary/aromatic N) is 1. The Balaban J connectivity index is 2.54. The molecule has 1 heterocycles. The third kappa shape index (κ3) is 4.09. The Morgan fingerprint density at radius 2 is 2.05 bits per heavy atom. The van der Waals surface area contributed by atoms with Gasteiger partial charge in [-0.05, 0) is 25.2 Å². The van der Waals surface area contributed by atoms with Crippen LogP contribution in [0.1, 0.15) is 27.2 Å². The Morgan fingerprint density at radius 3 is 2.58 bits per heavy atom. The standard InChI is InChI=1S/C13H24N2O4/c1-8-5-9(2)10(3)15(7-8)13(18)14-6-11(19-4)12(16)17/h8-11H,5-7H2,1-4H3,(H,14,18)(H,16,17). The second-order valence-electron chi connectivity index (χ2n) is 5.46. The molecular weight excluding hydrogens is 248 g/mol. The molecule has 1 aliphatic heterocycles. The molecule has 0 aromatic carbocycles. The number of carboxylic acid groups (broad SMARTS) is 1. The molecule has 0 aliphatic carbocycles. The quantitative estimate of drug-likeness (QED) is 0.805. The topological polar surface area (TPSA) is 78.9 Å². The Hall–Kier alpha value is -1.30. The van der Waals surface area contributed by atoms with E-state index in [0.29, 0.717) is 18.4 Å². The van der Waals surface area contributed by atoms with Gasteiger partial charge in [-0.15, -0.1) is 0 Å². The first-order valence-electron chi connectivity index (χ1n) is 6.66. The van der Waals surface area contributed by atoms with Crippen LogP contribution in [0.25, 0.3) is 0 Å². The van der Waals surface area contributed by atoms with Crippen LogP contribution in [0.4, 0.5) is 4.79 Å². The second kappa shape index (κ2) is 6.75. The SMILES string of the molecule is COC(CNC(=O)N1CC(C)CC(C)C1C)C(=O)O. The van der Waals surface area contributed by atoms with Crippen LogP contribution in [-0.4, -0.2) is 54.4 Å². The van der Waals surface area contributed by atoms with Gasteiger partial charge in [0.1, 0.15) is 0 Å². The summed E-state index contributed by atoms with van der Waals surface area (Å²) in [5, 5.41) is 11.5.